The van der Waals surface area contributed by atoms with Gasteiger partial charge in [-0.25, -0.2) is 0 Å². The van der Waals surface area contributed by atoms with Crippen molar-refractivity contribution >= 4 is 22.9 Å². The quantitative estimate of drug-likeness (QED) is 0.412. The summed E-state index contributed by atoms with van der Waals surface area (Å²) in [4.78, 5) is 16.6. The van der Waals surface area contributed by atoms with Crippen LogP contribution in [0.3, 0.4) is 0 Å². The molecular weight excluding hydrogens is 517 g/mol. The Bertz CT molecular complexity index is 1280. The molecule has 2 aliphatic heterocycles. The Morgan fingerprint density at radius 1 is 1.11 bits per heavy atom. The summed E-state index contributed by atoms with van der Waals surface area (Å²) in [6.07, 6.45) is -3.63. The summed E-state index contributed by atoms with van der Waals surface area (Å²) in [6.45, 7) is 1.98. The lowest BCUT2D eigenvalue weighted by molar-refractivity contribution is -0.133. The van der Waals surface area contributed by atoms with E-state index < -0.39 is 17.3 Å². The number of alkyl halides is 3. The number of aliphatic hydroxyl groups excluding tert-OH is 1. The van der Waals surface area contributed by atoms with Gasteiger partial charge in [0, 0.05) is 35.1 Å². The van der Waals surface area contributed by atoms with Crippen LogP contribution in [0.15, 0.2) is 54.6 Å². The SMILES string of the molecule is O=C(CN1CCC[C@H](C(O)O)C1)N1CCc2cc(OCc3cc(-c4ccccc4)c(C(F)(F)F)s3)ccc21. The molecule has 2 N–H and O–H groups in total. The summed E-state index contributed by atoms with van der Waals surface area (Å²) in [5, 5.41) is 19.0. The lowest BCUT2D eigenvalue weighted by Gasteiger charge is -2.33. The van der Waals surface area contributed by atoms with E-state index >= 15 is 0 Å². The smallest absolute Gasteiger partial charge is 0.426 e. The van der Waals surface area contributed by atoms with E-state index in [-0.39, 0.29) is 30.5 Å². The van der Waals surface area contributed by atoms with E-state index in [1.54, 1.807) is 41.3 Å². The van der Waals surface area contributed by atoms with Crippen LogP contribution in [0.4, 0.5) is 18.9 Å². The Morgan fingerprint density at radius 3 is 2.63 bits per heavy atom. The first-order valence-electron chi connectivity index (χ1n) is 12.6. The molecule has 38 heavy (non-hydrogen) atoms. The van der Waals surface area contributed by atoms with Crippen molar-refractivity contribution in [3.8, 4) is 16.9 Å². The van der Waals surface area contributed by atoms with Crippen LogP contribution in [-0.2, 0) is 24.0 Å². The van der Waals surface area contributed by atoms with Gasteiger partial charge >= 0.3 is 6.18 Å². The van der Waals surface area contributed by atoms with Crippen molar-refractivity contribution in [3.05, 3.63) is 69.9 Å². The van der Waals surface area contributed by atoms with Crippen LogP contribution >= 0.6 is 11.3 Å². The minimum Gasteiger partial charge on any atom is -0.488 e. The fourth-order valence-electron chi connectivity index (χ4n) is 5.19. The number of thiophene rings is 1. The summed E-state index contributed by atoms with van der Waals surface area (Å²) < 4.78 is 46.9. The normalized spacial score (nSPS) is 18.2. The van der Waals surface area contributed by atoms with E-state index in [0.29, 0.717) is 47.0 Å². The van der Waals surface area contributed by atoms with Crippen LogP contribution in [0.5, 0.6) is 5.75 Å². The number of rotatable bonds is 7. The number of carbonyl (C=O) groups excluding carboxylic acids is 1. The first kappa shape index (κ1) is 26.7. The van der Waals surface area contributed by atoms with Gasteiger partial charge in [-0.2, -0.15) is 13.2 Å². The van der Waals surface area contributed by atoms with Gasteiger partial charge in [0.15, 0.2) is 6.29 Å². The third-order valence-electron chi connectivity index (χ3n) is 7.08. The predicted molar refractivity (Wildman–Crippen MR) is 139 cm³/mol. The topological polar surface area (TPSA) is 73.2 Å². The molecule has 1 atom stereocenters. The van der Waals surface area contributed by atoms with Gasteiger partial charge in [-0.15, -0.1) is 11.3 Å². The van der Waals surface area contributed by atoms with Crippen molar-refractivity contribution in [2.75, 3.05) is 31.1 Å². The van der Waals surface area contributed by atoms with Gasteiger partial charge in [-0.1, -0.05) is 30.3 Å². The van der Waals surface area contributed by atoms with Gasteiger partial charge in [0.25, 0.3) is 0 Å². The van der Waals surface area contributed by atoms with E-state index in [1.165, 1.54) is 6.07 Å². The Kier molecular flexibility index (Phi) is 7.76. The zero-order valence-electron chi connectivity index (χ0n) is 20.7. The number of anilines is 1. The summed E-state index contributed by atoms with van der Waals surface area (Å²) in [5.41, 5.74) is 2.42. The van der Waals surface area contributed by atoms with Gasteiger partial charge in [-0.05, 0) is 61.2 Å². The van der Waals surface area contributed by atoms with E-state index in [0.717, 1.165) is 30.6 Å². The Balaban J connectivity index is 1.24. The molecule has 2 aliphatic rings. The van der Waals surface area contributed by atoms with E-state index in [9.17, 15) is 28.2 Å². The van der Waals surface area contributed by atoms with E-state index in [4.69, 9.17) is 4.74 Å². The minimum absolute atomic E-state index is 0.00878. The van der Waals surface area contributed by atoms with Gasteiger partial charge in [0.1, 0.15) is 17.2 Å². The van der Waals surface area contributed by atoms with Crippen LogP contribution in [0.25, 0.3) is 11.1 Å². The minimum atomic E-state index is -4.45. The van der Waals surface area contributed by atoms with Crippen LogP contribution < -0.4 is 9.64 Å². The monoisotopic (exact) mass is 546 g/mol. The van der Waals surface area contributed by atoms with Crippen molar-refractivity contribution in [2.45, 2.75) is 38.3 Å². The molecule has 0 unspecified atom stereocenters. The highest BCUT2D eigenvalue weighted by Crippen LogP contribution is 2.43. The molecule has 6 nitrogen and oxygen atoms in total. The van der Waals surface area contributed by atoms with Crippen molar-refractivity contribution < 1.29 is 32.9 Å². The predicted octanol–water partition coefficient (Wildman–Crippen LogP) is 4.92. The lowest BCUT2D eigenvalue weighted by Crippen LogP contribution is -2.46. The molecule has 0 aliphatic carbocycles. The number of ether oxygens (including phenoxy) is 1. The molecular formula is C28H29F3N2O4S. The third kappa shape index (κ3) is 5.88. The first-order valence-corrected chi connectivity index (χ1v) is 13.4. The van der Waals surface area contributed by atoms with E-state index in [1.807, 2.05) is 17.0 Å². The fourth-order valence-corrected chi connectivity index (χ4v) is 6.15. The second kappa shape index (κ2) is 11.1. The maximum absolute atomic E-state index is 13.7. The Morgan fingerprint density at radius 2 is 1.89 bits per heavy atom. The van der Waals surface area contributed by atoms with Crippen LogP contribution in [-0.4, -0.2) is 53.5 Å². The number of fused-ring (bicyclic) bond motifs is 1. The molecule has 0 saturated carbocycles. The number of benzene rings is 2. The number of hydrogen-bond acceptors (Lipinski definition) is 6. The highest BCUT2D eigenvalue weighted by molar-refractivity contribution is 7.12. The number of carbonyl (C=O) groups is 1. The number of nitrogens with zero attached hydrogens (tertiary/aromatic N) is 2. The molecule has 1 saturated heterocycles. The van der Waals surface area contributed by atoms with Gasteiger partial charge in [0.2, 0.25) is 5.91 Å². The van der Waals surface area contributed by atoms with Crippen LogP contribution in [0.1, 0.15) is 28.2 Å². The summed E-state index contributed by atoms with van der Waals surface area (Å²) >= 11 is 0.690. The largest absolute Gasteiger partial charge is 0.488 e. The summed E-state index contributed by atoms with van der Waals surface area (Å²) in [6, 6.07) is 15.5. The maximum Gasteiger partial charge on any atom is 0.426 e. The standard InChI is InChI=1S/C28H29F3N2O4S/c29-28(30,31)26-23(18-5-2-1-3-6-18)14-22(38-26)17-37-21-8-9-24-19(13-21)10-12-33(24)25(34)16-32-11-4-7-20(15-32)27(35)36/h1-3,5-6,8-9,13-14,20,27,35-36H,4,7,10-12,15-17H2/t20-/m0/s1. The third-order valence-corrected chi connectivity index (χ3v) is 8.23. The average Bonchev–Trinajstić information content (AvgIpc) is 3.53. The van der Waals surface area contributed by atoms with Crippen LogP contribution in [0.2, 0.25) is 0 Å². The van der Waals surface area contributed by atoms with Crippen molar-refractivity contribution in [1.29, 1.82) is 0 Å². The molecule has 10 heteroatoms. The van der Waals surface area contributed by atoms with Crippen LogP contribution in [0, 0.1) is 5.92 Å². The van der Waals surface area contributed by atoms with Crippen molar-refractivity contribution in [1.82, 2.24) is 4.90 Å². The van der Waals surface area contributed by atoms with Crippen molar-refractivity contribution in [2.24, 2.45) is 5.92 Å². The molecule has 0 bridgehead atoms. The highest BCUT2D eigenvalue weighted by atomic mass is 32.1. The highest BCUT2D eigenvalue weighted by Gasteiger charge is 2.36. The zero-order valence-corrected chi connectivity index (χ0v) is 21.5. The number of likely N-dealkylation sites (tertiary alicyclic amines) is 1. The number of halogens is 3. The maximum atomic E-state index is 13.7. The molecule has 0 radical (unpaired) electrons. The number of aliphatic hydroxyl groups is 2. The molecule has 1 fully saturated rings. The number of piperidine rings is 1. The molecule has 1 amide bonds. The lowest BCUT2D eigenvalue weighted by atomic mass is 9.97. The molecule has 202 valence electrons. The summed E-state index contributed by atoms with van der Waals surface area (Å²) in [5.74, 6) is 0.246. The van der Waals surface area contributed by atoms with Gasteiger partial charge in [0.05, 0.1) is 6.54 Å². The second-order valence-corrected chi connectivity index (χ2v) is 10.9. The number of hydrogen-bond donors (Lipinski definition) is 2. The second-order valence-electron chi connectivity index (χ2n) is 9.74. The van der Waals surface area contributed by atoms with Gasteiger partial charge in [-0.3, -0.25) is 9.69 Å². The summed E-state index contributed by atoms with van der Waals surface area (Å²) in [7, 11) is 0. The molecule has 1 aromatic heterocycles. The Labute approximate surface area is 222 Å². The molecule has 2 aromatic carbocycles. The van der Waals surface area contributed by atoms with Gasteiger partial charge < -0.3 is 19.8 Å². The zero-order chi connectivity index (χ0) is 26.9. The molecule has 3 aromatic rings. The number of amides is 1. The molecule has 5 rings (SSSR count). The van der Waals surface area contributed by atoms with E-state index in [2.05, 4.69) is 0 Å². The Hall–Kier alpha value is -2.92. The molecule has 3 heterocycles. The van der Waals surface area contributed by atoms with Crippen molar-refractivity contribution in [3.63, 3.8) is 0 Å². The fraction of sp³-hybridized carbons (Fsp3) is 0.393. The first-order chi connectivity index (χ1) is 18.2. The molecule has 0 spiro atoms. The average molecular weight is 547 g/mol.